The minimum atomic E-state index is -0.704. The summed E-state index contributed by atoms with van der Waals surface area (Å²) in [5.74, 6) is 0.117. The first-order chi connectivity index (χ1) is 13.4. The largest absolute Gasteiger partial charge is 0.465 e. The van der Waals surface area contributed by atoms with Gasteiger partial charge in [-0.3, -0.25) is 10.1 Å². The molecule has 1 aliphatic heterocycles. The number of benzene rings is 1. The van der Waals surface area contributed by atoms with Gasteiger partial charge in [-0.05, 0) is 12.5 Å². The molecule has 11 heteroatoms. The van der Waals surface area contributed by atoms with E-state index in [0.717, 1.165) is 30.3 Å². The number of nitrogens with zero attached hydrogens (tertiary/aromatic N) is 5. The fourth-order valence-corrected chi connectivity index (χ4v) is 4.12. The summed E-state index contributed by atoms with van der Waals surface area (Å²) < 4.78 is 8.98. The minimum absolute atomic E-state index is 0.0166. The maximum absolute atomic E-state index is 11.8. The second kappa shape index (κ2) is 8.70. The molecule has 1 aromatic carbocycles. The van der Waals surface area contributed by atoms with Crippen molar-refractivity contribution in [2.24, 2.45) is 0 Å². The van der Waals surface area contributed by atoms with Gasteiger partial charge >= 0.3 is 5.97 Å². The van der Waals surface area contributed by atoms with Crippen molar-refractivity contribution in [2.45, 2.75) is 19.8 Å². The molecule has 0 saturated carbocycles. The third kappa shape index (κ3) is 4.17. The lowest BCUT2D eigenvalue weighted by Gasteiger charge is -2.23. The van der Waals surface area contributed by atoms with Gasteiger partial charge in [0.15, 0.2) is 0 Å². The quantitative estimate of drug-likeness (QED) is 0.409. The molecule has 1 saturated heterocycles. The maximum atomic E-state index is 11.8. The Morgan fingerprint density at radius 1 is 1.32 bits per heavy atom. The highest BCUT2D eigenvalue weighted by Crippen LogP contribution is 2.35. The van der Waals surface area contributed by atoms with Crippen LogP contribution in [0.5, 0.6) is 0 Å². The van der Waals surface area contributed by atoms with Gasteiger partial charge < -0.3 is 14.5 Å². The van der Waals surface area contributed by atoms with Crippen LogP contribution in [0.4, 0.5) is 16.5 Å². The summed E-state index contributed by atoms with van der Waals surface area (Å²) in [5.41, 5.74) is 0.218. The van der Waals surface area contributed by atoms with Crippen LogP contribution in [0.25, 0.3) is 0 Å². The molecule has 0 unspecified atom stereocenters. The molecule has 0 amide bonds. The first-order valence-corrected chi connectivity index (χ1v) is 9.98. The molecule has 0 N–H and O–H groups in total. The molecule has 1 fully saturated rings. The molecule has 1 aliphatic rings. The predicted octanol–water partition coefficient (Wildman–Crippen LogP) is 3.17. The van der Waals surface area contributed by atoms with Crippen LogP contribution in [0.2, 0.25) is 5.02 Å². The van der Waals surface area contributed by atoms with Gasteiger partial charge in [0.1, 0.15) is 11.5 Å². The summed E-state index contributed by atoms with van der Waals surface area (Å²) in [6, 6.07) is 2.66. The Hall–Kier alpha value is -2.46. The summed E-state index contributed by atoms with van der Waals surface area (Å²) in [5, 5.41) is 12.6. The topological polar surface area (TPSA) is 102 Å². The van der Waals surface area contributed by atoms with Gasteiger partial charge in [-0.25, -0.2) is 9.78 Å². The number of rotatable bonds is 5. The number of ether oxygens (including phenoxy) is 1. The number of nitro groups is 1. The van der Waals surface area contributed by atoms with Crippen molar-refractivity contribution < 1.29 is 14.5 Å². The number of hydrogen-bond acceptors (Lipinski definition) is 9. The monoisotopic (exact) mass is 425 g/mol. The van der Waals surface area contributed by atoms with E-state index in [0.29, 0.717) is 25.3 Å². The molecule has 3 rings (SSSR count). The third-order valence-corrected chi connectivity index (χ3v) is 5.67. The molecule has 150 valence electrons. The lowest BCUT2D eigenvalue weighted by Crippen LogP contribution is -2.31. The van der Waals surface area contributed by atoms with Gasteiger partial charge in [-0.15, -0.1) is 0 Å². The molecule has 0 radical (unpaired) electrons. The van der Waals surface area contributed by atoms with E-state index < -0.39 is 10.9 Å². The van der Waals surface area contributed by atoms with Crippen molar-refractivity contribution in [1.29, 1.82) is 0 Å². The fraction of sp³-hybridized carbons (Fsp3) is 0.471. The van der Waals surface area contributed by atoms with Gasteiger partial charge in [-0.2, -0.15) is 4.37 Å². The number of anilines is 2. The summed E-state index contributed by atoms with van der Waals surface area (Å²) in [7, 11) is 1.21. The first-order valence-electron chi connectivity index (χ1n) is 8.83. The Balaban J connectivity index is 1.85. The van der Waals surface area contributed by atoms with Crippen LogP contribution >= 0.6 is 23.1 Å². The van der Waals surface area contributed by atoms with E-state index in [-0.39, 0.29) is 16.3 Å². The highest BCUT2D eigenvalue weighted by atomic mass is 35.5. The van der Waals surface area contributed by atoms with Crippen molar-refractivity contribution in [3.8, 4) is 0 Å². The Morgan fingerprint density at radius 2 is 2.04 bits per heavy atom. The SMILES string of the molecule is CCc1nsc(N2CCCN(c3cc(Cl)c(C(=O)OC)cc3[N+](=O)[O-])CC2)n1. The van der Waals surface area contributed by atoms with E-state index >= 15 is 0 Å². The molecule has 2 heterocycles. The van der Waals surface area contributed by atoms with Crippen LogP contribution in [-0.4, -0.2) is 53.5 Å². The number of carbonyl (C=O) groups excluding carboxylic acids is 1. The highest BCUT2D eigenvalue weighted by molar-refractivity contribution is 7.09. The fourth-order valence-electron chi connectivity index (χ4n) is 3.08. The van der Waals surface area contributed by atoms with Gasteiger partial charge in [0.2, 0.25) is 5.13 Å². The summed E-state index contributed by atoms with van der Waals surface area (Å²) >= 11 is 7.58. The van der Waals surface area contributed by atoms with Crippen LogP contribution in [-0.2, 0) is 11.2 Å². The molecule has 0 aliphatic carbocycles. The van der Waals surface area contributed by atoms with Crippen LogP contribution in [0.3, 0.4) is 0 Å². The highest BCUT2D eigenvalue weighted by Gasteiger charge is 2.27. The number of carbonyl (C=O) groups is 1. The molecule has 0 spiro atoms. The summed E-state index contributed by atoms with van der Waals surface area (Å²) in [6.45, 7) is 4.65. The summed E-state index contributed by atoms with van der Waals surface area (Å²) in [6.07, 6.45) is 1.59. The number of halogens is 1. The van der Waals surface area contributed by atoms with Crippen molar-refractivity contribution in [3.05, 3.63) is 38.7 Å². The first kappa shape index (κ1) is 20.3. The zero-order valence-corrected chi connectivity index (χ0v) is 17.1. The van der Waals surface area contributed by atoms with Crippen LogP contribution in [0, 0.1) is 10.1 Å². The Morgan fingerprint density at radius 3 is 2.68 bits per heavy atom. The molecule has 1 aromatic heterocycles. The Kier molecular flexibility index (Phi) is 6.30. The van der Waals surface area contributed by atoms with E-state index in [1.165, 1.54) is 30.8 Å². The standard InChI is InChI=1S/C17H20ClN5O4S/c1-3-15-19-17(28-20-15)22-6-4-5-21(7-8-22)13-10-12(18)11(16(24)27-2)9-14(13)23(25)26/h9-10H,3-8H2,1-2H3. The number of aromatic nitrogens is 2. The molecule has 0 atom stereocenters. The zero-order chi connectivity index (χ0) is 20.3. The third-order valence-electron chi connectivity index (χ3n) is 4.55. The van der Waals surface area contributed by atoms with Gasteiger partial charge in [0, 0.05) is 50.2 Å². The average molecular weight is 426 g/mol. The Bertz CT molecular complexity index is 890. The molecule has 0 bridgehead atoms. The smallest absolute Gasteiger partial charge is 0.339 e. The minimum Gasteiger partial charge on any atom is -0.465 e. The second-order valence-corrected chi connectivity index (χ2v) is 7.38. The molecule has 28 heavy (non-hydrogen) atoms. The predicted molar refractivity (Wildman–Crippen MR) is 108 cm³/mol. The number of methoxy groups -OCH3 is 1. The number of nitro benzene ring substituents is 1. The van der Waals surface area contributed by atoms with E-state index in [9.17, 15) is 14.9 Å². The van der Waals surface area contributed by atoms with E-state index in [1.807, 2.05) is 11.8 Å². The Labute approximate surface area is 171 Å². The van der Waals surface area contributed by atoms with E-state index in [1.54, 1.807) is 0 Å². The van der Waals surface area contributed by atoms with E-state index in [4.69, 9.17) is 11.6 Å². The van der Waals surface area contributed by atoms with Crippen LogP contribution < -0.4 is 9.80 Å². The molecular weight excluding hydrogens is 406 g/mol. The van der Waals surface area contributed by atoms with Crippen molar-refractivity contribution in [2.75, 3.05) is 43.1 Å². The maximum Gasteiger partial charge on any atom is 0.339 e. The van der Waals surface area contributed by atoms with E-state index in [2.05, 4.69) is 19.0 Å². The normalized spacial score (nSPS) is 14.7. The molecule has 2 aromatic rings. The van der Waals surface area contributed by atoms with Crippen LogP contribution in [0.15, 0.2) is 12.1 Å². The van der Waals surface area contributed by atoms with Crippen LogP contribution in [0.1, 0.15) is 29.5 Å². The second-order valence-electron chi connectivity index (χ2n) is 6.24. The van der Waals surface area contributed by atoms with Crippen molar-refractivity contribution in [1.82, 2.24) is 9.36 Å². The molecular formula is C17H20ClN5O4S. The molecule has 9 nitrogen and oxygen atoms in total. The lowest BCUT2D eigenvalue weighted by molar-refractivity contribution is -0.384. The van der Waals surface area contributed by atoms with Gasteiger partial charge in [0.25, 0.3) is 5.69 Å². The lowest BCUT2D eigenvalue weighted by atomic mass is 10.1. The number of aryl methyl sites for hydroxylation is 1. The zero-order valence-electron chi connectivity index (χ0n) is 15.6. The van der Waals surface area contributed by atoms with Gasteiger partial charge in [-0.1, -0.05) is 18.5 Å². The van der Waals surface area contributed by atoms with Crippen molar-refractivity contribution in [3.63, 3.8) is 0 Å². The van der Waals surface area contributed by atoms with Crippen molar-refractivity contribution >= 4 is 45.6 Å². The average Bonchev–Trinajstić information content (AvgIpc) is 3.03. The number of hydrogen-bond donors (Lipinski definition) is 0. The van der Waals surface area contributed by atoms with Gasteiger partial charge in [0.05, 0.1) is 22.6 Å². The summed E-state index contributed by atoms with van der Waals surface area (Å²) in [4.78, 5) is 31.5. The number of esters is 1.